The van der Waals surface area contributed by atoms with E-state index in [1.54, 1.807) is 17.0 Å². The zero-order valence-corrected chi connectivity index (χ0v) is 10.0. The van der Waals surface area contributed by atoms with Gasteiger partial charge < -0.3 is 11.1 Å². The zero-order chi connectivity index (χ0) is 12.1. The molecule has 1 aromatic rings. The van der Waals surface area contributed by atoms with Crippen molar-refractivity contribution >= 4 is 17.4 Å². The van der Waals surface area contributed by atoms with Crippen molar-refractivity contribution in [3.05, 3.63) is 24.3 Å². The molecule has 0 atom stereocenters. The normalized spacial score (nSPS) is 10.2. The van der Waals surface area contributed by atoms with Crippen LogP contribution in [0.4, 0.5) is 16.2 Å². The van der Waals surface area contributed by atoms with Crippen LogP contribution in [0.25, 0.3) is 0 Å². The standard InChI is InChI=1S/C12H19N3O/c1-4-15(12(16)14-9(2)3)11-7-5-6-10(13)8-11/h5-9H,4,13H2,1-3H3,(H,14,16). The van der Waals surface area contributed by atoms with Crippen molar-refractivity contribution < 1.29 is 4.79 Å². The van der Waals surface area contributed by atoms with Gasteiger partial charge in [0.15, 0.2) is 0 Å². The van der Waals surface area contributed by atoms with Crippen LogP contribution in [0.1, 0.15) is 20.8 Å². The number of amides is 2. The van der Waals surface area contributed by atoms with Gasteiger partial charge in [0.05, 0.1) is 0 Å². The van der Waals surface area contributed by atoms with Crippen LogP contribution < -0.4 is 16.0 Å². The summed E-state index contributed by atoms with van der Waals surface area (Å²) in [6.07, 6.45) is 0. The topological polar surface area (TPSA) is 58.4 Å². The number of nitrogen functional groups attached to an aromatic ring is 1. The van der Waals surface area contributed by atoms with Gasteiger partial charge in [-0.05, 0) is 39.0 Å². The Bertz CT molecular complexity index is 363. The van der Waals surface area contributed by atoms with Gasteiger partial charge in [-0.15, -0.1) is 0 Å². The fourth-order valence-corrected chi connectivity index (χ4v) is 1.46. The van der Waals surface area contributed by atoms with Crippen LogP contribution >= 0.6 is 0 Å². The second-order valence-corrected chi connectivity index (χ2v) is 3.94. The lowest BCUT2D eigenvalue weighted by Crippen LogP contribution is -2.43. The van der Waals surface area contributed by atoms with Gasteiger partial charge in [0.1, 0.15) is 0 Å². The largest absolute Gasteiger partial charge is 0.399 e. The van der Waals surface area contributed by atoms with Crippen molar-refractivity contribution in [1.82, 2.24) is 5.32 Å². The molecule has 1 aromatic carbocycles. The first-order valence-electron chi connectivity index (χ1n) is 5.48. The smallest absolute Gasteiger partial charge is 0.322 e. The summed E-state index contributed by atoms with van der Waals surface area (Å²) in [5.41, 5.74) is 7.17. The minimum Gasteiger partial charge on any atom is -0.399 e. The highest BCUT2D eigenvalue weighted by atomic mass is 16.2. The van der Waals surface area contributed by atoms with E-state index in [4.69, 9.17) is 5.73 Å². The number of benzene rings is 1. The van der Waals surface area contributed by atoms with Crippen LogP contribution in [0.3, 0.4) is 0 Å². The van der Waals surface area contributed by atoms with Gasteiger partial charge in [-0.3, -0.25) is 4.90 Å². The first-order valence-corrected chi connectivity index (χ1v) is 5.48. The molecule has 0 heterocycles. The van der Waals surface area contributed by atoms with E-state index in [-0.39, 0.29) is 12.1 Å². The summed E-state index contributed by atoms with van der Waals surface area (Å²) in [7, 11) is 0. The molecule has 0 unspecified atom stereocenters. The number of nitrogens with zero attached hydrogens (tertiary/aromatic N) is 1. The van der Waals surface area contributed by atoms with Crippen LogP contribution in [0, 0.1) is 0 Å². The molecule has 0 aliphatic rings. The number of carbonyl (C=O) groups is 1. The Labute approximate surface area is 96.4 Å². The van der Waals surface area contributed by atoms with E-state index < -0.39 is 0 Å². The highest BCUT2D eigenvalue weighted by Crippen LogP contribution is 2.17. The third kappa shape index (κ3) is 3.15. The monoisotopic (exact) mass is 221 g/mol. The fraction of sp³-hybridized carbons (Fsp3) is 0.417. The summed E-state index contributed by atoms with van der Waals surface area (Å²) in [5, 5.41) is 2.86. The number of rotatable bonds is 3. The van der Waals surface area contributed by atoms with Crippen molar-refractivity contribution in [2.45, 2.75) is 26.8 Å². The Balaban J connectivity index is 2.85. The molecule has 16 heavy (non-hydrogen) atoms. The predicted octanol–water partition coefficient (Wildman–Crippen LogP) is 2.21. The first kappa shape index (κ1) is 12.4. The van der Waals surface area contributed by atoms with Gasteiger partial charge in [-0.1, -0.05) is 6.07 Å². The Hall–Kier alpha value is -1.71. The molecule has 2 amide bonds. The highest BCUT2D eigenvalue weighted by Gasteiger charge is 2.14. The van der Waals surface area contributed by atoms with E-state index in [9.17, 15) is 4.79 Å². The van der Waals surface area contributed by atoms with E-state index in [2.05, 4.69) is 5.32 Å². The van der Waals surface area contributed by atoms with Gasteiger partial charge in [0.2, 0.25) is 0 Å². The quantitative estimate of drug-likeness (QED) is 0.769. The summed E-state index contributed by atoms with van der Waals surface area (Å²) in [6, 6.07) is 7.35. The molecule has 0 fully saturated rings. The van der Waals surface area contributed by atoms with E-state index in [1.165, 1.54) is 0 Å². The van der Waals surface area contributed by atoms with Crippen molar-refractivity contribution in [3.63, 3.8) is 0 Å². The molecule has 1 rings (SSSR count). The second-order valence-electron chi connectivity index (χ2n) is 3.94. The van der Waals surface area contributed by atoms with E-state index in [0.29, 0.717) is 12.2 Å². The second kappa shape index (κ2) is 5.39. The molecule has 3 N–H and O–H groups in total. The van der Waals surface area contributed by atoms with E-state index in [0.717, 1.165) is 5.69 Å². The van der Waals surface area contributed by atoms with Crippen LogP contribution in [0.5, 0.6) is 0 Å². The number of anilines is 2. The Morgan fingerprint density at radius 3 is 2.69 bits per heavy atom. The average molecular weight is 221 g/mol. The molecule has 0 aliphatic carbocycles. The molecule has 0 radical (unpaired) electrons. The van der Waals surface area contributed by atoms with Gasteiger partial charge in [0.25, 0.3) is 0 Å². The van der Waals surface area contributed by atoms with E-state index >= 15 is 0 Å². The number of nitrogens with two attached hydrogens (primary N) is 1. The summed E-state index contributed by atoms with van der Waals surface area (Å²) < 4.78 is 0. The predicted molar refractivity (Wildman–Crippen MR) is 67.5 cm³/mol. The SMILES string of the molecule is CCN(C(=O)NC(C)C)c1cccc(N)c1. The molecule has 0 aromatic heterocycles. The van der Waals surface area contributed by atoms with E-state index in [1.807, 2.05) is 32.9 Å². The third-order valence-corrected chi connectivity index (χ3v) is 2.16. The number of hydrogen-bond donors (Lipinski definition) is 2. The summed E-state index contributed by atoms with van der Waals surface area (Å²) in [4.78, 5) is 13.5. The first-order chi connectivity index (χ1) is 7.54. The molecule has 0 spiro atoms. The Kier molecular flexibility index (Phi) is 4.17. The average Bonchev–Trinajstić information content (AvgIpc) is 2.17. The lowest BCUT2D eigenvalue weighted by molar-refractivity contribution is 0.244. The highest BCUT2D eigenvalue weighted by molar-refractivity contribution is 5.92. The van der Waals surface area contributed by atoms with Crippen molar-refractivity contribution in [3.8, 4) is 0 Å². The van der Waals surface area contributed by atoms with Crippen LogP contribution in [0.2, 0.25) is 0 Å². The molecule has 4 nitrogen and oxygen atoms in total. The van der Waals surface area contributed by atoms with Crippen LogP contribution in [0.15, 0.2) is 24.3 Å². The van der Waals surface area contributed by atoms with Crippen LogP contribution in [-0.2, 0) is 0 Å². The maximum absolute atomic E-state index is 11.9. The van der Waals surface area contributed by atoms with Crippen molar-refractivity contribution in [2.75, 3.05) is 17.2 Å². The Morgan fingerprint density at radius 1 is 1.50 bits per heavy atom. The van der Waals surface area contributed by atoms with Gasteiger partial charge in [-0.25, -0.2) is 4.79 Å². The molecular formula is C12H19N3O. The maximum Gasteiger partial charge on any atom is 0.322 e. The number of hydrogen-bond acceptors (Lipinski definition) is 2. The summed E-state index contributed by atoms with van der Waals surface area (Å²) in [6.45, 7) is 6.42. The summed E-state index contributed by atoms with van der Waals surface area (Å²) in [5.74, 6) is 0. The van der Waals surface area contributed by atoms with Crippen molar-refractivity contribution in [1.29, 1.82) is 0 Å². The van der Waals surface area contributed by atoms with Crippen LogP contribution in [-0.4, -0.2) is 18.6 Å². The fourth-order valence-electron chi connectivity index (χ4n) is 1.46. The molecule has 0 bridgehead atoms. The zero-order valence-electron chi connectivity index (χ0n) is 10.0. The number of nitrogens with one attached hydrogen (secondary N) is 1. The molecule has 4 heteroatoms. The third-order valence-electron chi connectivity index (χ3n) is 2.16. The lowest BCUT2D eigenvalue weighted by atomic mass is 10.2. The Morgan fingerprint density at radius 2 is 2.19 bits per heavy atom. The minimum atomic E-state index is -0.0944. The minimum absolute atomic E-state index is 0.0944. The molecule has 88 valence electrons. The maximum atomic E-state index is 11.9. The van der Waals surface area contributed by atoms with Gasteiger partial charge >= 0.3 is 6.03 Å². The molecular weight excluding hydrogens is 202 g/mol. The lowest BCUT2D eigenvalue weighted by Gasteiger charge is -2.23. The van der Waals surface area contributed by atoms with Gasteiger partial charge in [0, 0.05) is 24.0 Å². The van der Waals surface area contributed by atoms with Gasteiger partial charge in [-0.2, -0.15) is 0 Å². The number of urea groups is 1. The number of carbonyl (C=O) groups excluding carboxylic acids is 1. The molecule has 0 saturated heterocycles. The molecule has 0 aliphatic heterocycles. The molecule has 0 saturated carbocycles. The van der Waals surface area contributed by atoms with Crippen molar-refractivity contribution in [2.24, 2.45) is 0 Å². The summed E-state index contributed by atoms with van der Waals surface area (Å²) >= 11 is 0.